The second-order valence-electron chi connectivity index (χ2n) is 5.13. The molecule has 0 aromatic carbocycles. The molecule has 6 heteroatoms. The number of hydrogen-bond donors (Lipinski definition) is 3. The standard InChI is InChI=1S/C13H26N6/c1-5-10(6-2)19(8-9(3)4)12-7-11(18-15)16-13(14)17-12/h7,9-10H,5-6,8,15H2,1-4H3,(H3,14,16,17,18). The van der Waals surface area contributed by atoms with Crippen molar-refractivity contribution in [2.24, 2.45) is 11.8 Å². The van der Waals surface area contributed by atoms with E-state index >= 15 is 0 Å². The Morgan fingerprint density at radius 2 is 1.89 bits per heavy atom. The smallest absolute Gasteiger partial charge is 0.223 e. The maximum Gasteiger partial charge on any atom is 0.223 e. The van der Waals surface area contributed by atoms with Crippen LogP contribution in [0, 0.1) is 5.92 Å². The monoisotopic (exact) mass is 266 g/mol. The second-order valence-corrected chi connectivity index (χ2v) is 5.13. The summed E-state index contributed by atoms with van der Waals surface area (Å²) in [5.41, 5.74) is 8.28. The van der Waals surface area contributed by atoms with Crippen LogP contribution in [0.1, 0.15) is 40.5 Å². The van der Waals surface area contributed by atoms with Crippen LogP contribution in [0.2, 0.25) is 0 Å². The minimum atomic E-state index is 0.241. The average molecular weight is 266 g/mol. The molecular formula is C13H26N6. The van der Waals surface area contributed by atoms with Crippen LogP contribution in [-0.2, 0) is 0 Å². The summed E-state index contributed by atoms with van der Waals surface area (Å²) in [5.74, 6) is 7.58. The van der Waals surface area contributed by atoms with E-state index in [2.05, 4.69) is 48.0 Å². The van der Waals surface area contributed by atoms with Gasteiger partial charge in [0, 0.05) is 18.7 Å². The van der Waals surface area contributed by atoms with E-state index in [1.165, 1.54) is 0 Å². The van der Waals surface area contributed by atoms with E-state index in [-0.39, 0.29) is 5.95 Å². The first-order valence-corrected chi connectivity index (χ1v) is 6.89. The SMILES string of the molecule is CCC(CC)N(CC(C)C)c1cc(NN)nc(N)n1. The maximum atomic E-state index is 5.74. The van der Waals surface area contributed by atoms with Crippen molar-refractivity contribution in [2.45, 2.75) is 46.6 Å². The van der Waals surface area contributed by atoms with Crippen molar-refractivity contribution in [3.8, 4) is 0 Å². The number of nitrogens with one attached hydrogen (secondary N) is 1. The van der Waals surface area contributed by atoms with E-state index in [1.54, 1.807) is 0 Å². The molecule has 108 valence electrons. The predicted molar refractivity (Wildman–Crippen MR) is 80.8 cm³/mol. The molecule has 0 aliphatic heterocycles. The largest absolute Gasteiger partial charge is 0.368 e. The summed E-state index contributed by atoms with van der Waals surface area (Å²) in [6, 6.07) is 2.29. The van der Waals surface area contributed by atoms with Gasteiger partial charge in [0.25, 0.3) is 0 Å². The van der Waals surface area contributed by atoms with E-state index < -0.39 is 0 Å². The highest BCUT2D eigenvalue weighted by molar-refractivity contribution is 5.52. The molecule has 1 aromatic rings. The van der Waals surface area contributed by atoms with Crippen molar-refractivity contribution in [3.05, 3.63) is 6.07 Å². The predicted octanol–water partition coefficient (Wildman–Crippen LogP) is 2.00. The number of rotatable bonds is 7. The number of anilines is 3. The molecule has 0 saturated heterocycles. The molecule has 0 spiro atoms. The van der Waals surface area contributed by atoms with Crippen molar-refractivity contribution in [3.63, 3.8) is 0 Å². The molecule has 5 N–H and O–H groups in total. The van der Waals surface area contributed by atoms with Crippen LogP contribution in [-0.4, -0.2) is 22.6 Å². The summed E-state index contributed by atoms with van der Waals surface area (Å²) in [5, 5.41) is 0. The van der Waals surface area contributed by atoms with Gasteiger partial charge in [0.2, 0.25) is 5.95 Å². The molecular weight excluding hydrogens is 240 g/mol. The van der Waals surface area contributed by atoms with Gasteiger partial charge in [0.1, 0.15) is 11.6 Å². The molecule has 0 fully saturated rings. The third kappa shape index (κ3) is 4.24. The van der Waals surface area contributed by atoms with E-state index in [0.717, 1.165) is 25.2 Å². The van der Waals surface area contributed by atoms with Crippen LogP contribution in [0.25, 0.3) is 0 Å². The first-order valence-electron chi connectivity index (χ1n) is 6.89. The molecule has 0 radical (unpaired) electrons. The fourth-order valence-electron chi connectivity index (χ4n) is 2.23. The van der Waals surface area contributed by atoms with E-state index in [4.69, 9.17) is 11.6 Å². The zero-order valence-corrected chi connectivity index (χ0v) is 12.3. The van der Waals surface area contributed by atoms with E-state index in [9.17, 15) is 0 Å². The lowest BCUT2D eigenvalue weighted by molar-refractivity contribution is 0.503. The molecule has 1 rings (SSSR count). The van der Waals surface area contributed by atoms with E-state index in [1.807, 2.05) is 6.07 Å². The summed E-state index contributed by atoms with van der Waals surface area (Å²) < 4.78 is 0. The van der Waals surface area contributed by atoms with Gasteiger partial charge >= 0.3 is 0 Å². The van der Waals surface area contributed by atoms with Gasteiger partial charge in [0.05, 0.1) is 0 Å². The first kappa shape index (κ1) is 15.5. The van der Waals surface area contributed by atoms with Crippen LogP contribution in [0.3, 0.4) is 0 Å². The molecule has 0 aliphatic carbocycles. The molecule has 0 aliphatic rings. The zero-order chi connectivity index (χ0) is 14.4. The van der Waals surface area contributed by atoms with Crippen molar-refractivity contribution >= 4 is 17.6 Å². The number of hydrogen-bond acceptors (Lipinski definition) is 6. The quantitative estimate of drug-likeness (QED) is 0.516. The normalized spacial score (nSPS) is 11.1. The Labute approximate surface area is 115 Å². The topological polar surface area (TPSA) is 93.1 Å². The zero-order valence-electron chi connectivity index (χ0n) is 12.3. The Morgan fingerprint density at radius 3 is 2.37 bits per heavy atom. The van der Waals surface area contributed by atoms with Gasteiger partial charge in [-0.2, -0.15) is 9.97 Å². The lowest BCUT2D eigenvalue weighted by atomic mass is 10.1. The third-order valence-corrected chi connectivity index (χ3v) is 3.12. The van der Waals surface area contributed by atoms with Gasteiger partial charge in [-0.3, -0.25) is 0 Å². The number of nitrogens with two attached hydrogens (primary N) is 2. The van der Waals surface area contributed by atoms with Crippen LogP contribution in [0.4, 0.5) is 17.6 Å². The summed E-state index contributed by atoms with van der Waals surface area (Å²) in [4.78, 5) is 10.7. The molecule has 6 nitrogen and oxygen atoms in total. The van der Waals surface area contributed by atoms with Crippen LogP contribution >= 0.6 is 0 Å². The van der Waals surface area contributed by atoms with Crippen LogP contribution < -0.4 is 21.9 Å². The van der Waals surface area contributed by atoms with Gasteiger partial charge in [-0.1, -0.05) is 27.7 Å². The molecule has 1 heterocycles. The molecule has 19 heavy (non-hydrogen) atoms. The highest BCUT2D eigenvalue weighted by atomic mass is 15.3. The Hall–Kier alpha value is -1.56. The van der Waals surface area contributed by atoms with Gasteiger partial charge in [-0.05, 0) is 18.8 Å². The second kappa shape index (κ2) is 7.13. The number of hydrazine groups is 1. The highest BCUT2D eigenvalue weighted by Gasteiger charge is 2.19. The van der Waals surface area contributed by atoms with Crippen molar-refractivity contribution in [2.75, 3.05) is 22.6 Å². The molecule has 0 bridgehead atoms. The molecule has 1 aromatic heterocycles. The molecule has 0 unspecified atom stereocenters. The molecule has 0 amide bonds. The maximum absolute atomic E-state index is 5.74. The minimum absolute atomic E-state index is 0.241. The summed E-state index contributed by atoms with van der Waals surface area (Å²) in [7, 11) is 0. The highest BCUT2D eigenvalue weighted by Crippen LogP contribution is 2.22. The summed E-state index contributed by atoms with van der Waals surface area (Å²) in [6.45, 7) is 9.71. The summed E-state index contributed by atoms with van der Waals surface area (Å²) in [6.07, 6.45) is 2.14. The van der Waals surface area contributed by atoms with Gasteiger partial charge in [-0.15, -0.1) is 0 Å². The number of nitrogen functional groups attached to an aromatic ring is 2. The van der Waals surface area contributed by atoms with Crippen LogP contribution in [0.5, 0.6) is 0 Å². The fourth-order valence-corrected chi connectivity index (χ4v) is 2.23. The molecule has 0 atom stereocenters. The van der Waals surface area contributed by atoms with Crippen molar-refractivity contribution in [1.29, 1.82) is 0 Å². The van der Waals surface area contributed by atoms with Crippen molar-refractivity contribution < 1.29 is 0 Å². The average Bonchev–Trinajstić information content (AvgIpc) is 2.37. The number of nitrogens with zero attached hydrogens (tertiary/aromatic N) is 3. The van der Waals surface area contributed by atoms with Crippen LogP contribution in [0.15, 0.2) is 6.07 Å². The van der Waals surface area contributed by atoms with Gasteiger partial charge in [-0.25, -0.2) is 5.84 Å². The first-order chi connectivity index (χ1) is 9.01. The Kier molecular flexibility index (Phi) is 5.82. The van der Waals surface area contributed by atoms with Crippen molar-refractivity contribution in [1.82, 2.24) is 9.97 Å². The fraction of sp³-hybridized carbons (Fsp3) is 0.692. The number of aromatic nitrogens is 2. The lowest BCUT2D eigenvalue weighted by Gasteiger charge is -2.33. The third-order valence-electron chi connectivity index (χ3n) is 3.12. The van der Waals surface area contributed by atoms with Gasteiger partial charge in [0.15, 0.2) is 0 Å². The van der Waals surface area contributed by atoms with Gasteiger partial charge < -0.3 is 16.1 Å². The Balaban J connectivity index is 3.11. The Bertz CT molecular complexity index is 389. The minimum Gasteiger partial charge on any atom is -0.368 e. The Morgan fingerprint density at radius 1 is 1.26 bits per heavy atom. The van der Waals surface area contributed by atoms with E-state index in [0.29, 0.717) is 17.8 Å². The summed E-state index contributed by atoms with van der Waals surface area (Å²) >= 11 is 0. The lowest BCUT2D eigenvalue weighted by Crippen LogP contribution is -2.38. The molecule has 0 saturated carbocycles.